The van der Waals surface area contributed by atoms with E-state index in [1.54, 1.807) is 11.3 Å². The summed E-state index contributed by atoms with van der Waals surface area (Å²) in [4.78, 5) is 18.9. The molecule has 0 fully saturated rings. The Morgan fingerprint density at radius 2 is 2.05 bits per heavy atom. The van der Waals surface area contributed by atoms with E-state index < -0.39 is 0 Å². The van der Waals surface area contributed by atoms with Crippen LogP contribution in [-0.4, -0.2) is 10.9 Å². The van der Waals surface area contributed by atoms with E-state index in [0.717, 1.165) is 22.0 Å². The highest BCUT2D eigenvalue weighted by atomic mass is 32.1. The quantitative estimate of drug-likeness (QED) is 0.805. The van der Waals surface area contributed by atoms with Crippen LogP contribution in [0.2, 0.25) is 0 Å². The third kappa shape index (κ3) is 2.08. The van der Waals surface area contributed by atoms with Gasteiger partial charge in [0.1, 0.15) is 0 Å². The highest BCUT2D eigenvalue weighted by Crippen LogP contribution is 2.33. The summed E-state index contributed by atoms with van der Waals surface area (Å²) in [6, 6.07) is 5.94. The molecule has 0 aliphatic carbocycles. The topological polar surface area (TPSA) is 42.0 Å². The minimum absolute atomic E-state index is 0.0708. The van der Waals surface area contributed by atoms with Gasteiger partial charge in [0, 0.05) is 15.4 Å². The first-order chi connectivity index (χ1) is 9.04. The maximum absolute atomic E-state index is 12.1. The number of anilines is 1. The zero-order valence-corrected chi connectivity index (χ0v) is 11.9. The Labute approximate surface area is 116 Å². The Morgan fingerprint density at radius 1 is 1.26 bits per heavy atom. The molecule has 0 bridgehead atoms. The summed E-state index contributed by atoms with van der Waals surface area (Å²) in [6.07, 6.45) is 1.95. The van der Waals surface area contributed by atoms with E-state index in [1.807, 2.05) is 25.1 Å². The van der Waals surface area contributed by atoms with E-state index in [2.05, 4.69) is 30.2 Å². The van der Waals surface area contributed by atoms with Crippen molar-refractivity contribution in [2.45, 2.75) is 20.8 Å². The smallest absolute Gasteiger partial charge is 0.258 e. The van der Waals surface area contributed by atoms with Crippen molar-refractivity contribution in [3.63, 3.8) is 0 Å². The van der Waals surface area contributed by atoms with Gasteiger partial charge < -0.3 is 5.32 Å². The first-order valence-corrected chi connectivity index (χ1v) is 6.94. The predicted molar refractivity (Wildman–Crippen MR) is 79.3 cm³/mol. The van der Waals surface area contributed by atoms with E-state index in [-0.39, 0.29) is 5.91 Å². The van der Waals surface area contributed by atoms with Crippen LogP contribution < -0.4 is 5.32 Å². The van der Waals surface area contributed by atoms with Gasteiger partial charge in [0.2, 0.25) is 0 Å². The van der Waals surface area contributed by atoms with Crippen LogP contribution >= 0.6 is 11.3 Å². The van der Waals surface area contributed by atoms with Crippen molar-refractivity contribution in [3.05, 3.63) is 44.9 Å². The number of nitrogens with zero attached hydrogens (tertiary/aromatic N) is 1. The molecule has 2 aromatic heterocycles. The van der Waals surface area contributed by atoms with Crippen molar-refractivity contribution < 1.29 is 4.79 Å². The third-order valence-corrected chi connectivity index (χ3v) is 4.24. The average molecular weight is 270 g/mol. The van der Waals surface area contributed by atoms with Gasteiger partial charge >= 0.3 is 0 Å². The van der Waals surface area contributed by atoms with Crippen LogP contribution in [-0.2, 0) is 4.79 Å². The second kappa shape index (κ2) is 4.31. The fraction of sp³-hybridized carbons (Fsp3) is 0.200. The number of carbonyl (C=O) groups excluding carboxylic acids is 1. The van der Waals surface area contributed by atoms with E-state index in [0.29, 0.717) is 5.57 Å². The number of hydrogen-bond acceptors (Lipinski definition) is 3. The molecule has 1 aliphatic rings. The number of aromatic nitrogens is 1. The Kier molecular flexibility index (Phi) is 2.75. The van der Waals surface area contributed by atoms with Crippen LogP contribution in [0, 0.1) is 20.8 Å². The second-order valence-electron chi connectivity index (χ2n) is 4.77. The zero-order valence-electron chi connectivity index (χ0n) is 11.1. The van der Waals surface area contributed by atoms with E-state index in [9.17, 15) is 4.79 Å². The van der Waals surface area contributed by atoms with Crippen LogP contribution in [0.1, 0.15) is 26.7 Å². The maximum atomic E-state index is 12.1. The van der Waals surface area contributed by atoms with Crippen LogP contribution in [0.4, 0.5) is 5.69 Å². The monoisotopic (exact) mass is 270 g/mol. The molecule has 0 unspecified atom stereocenters. The number of rotatable bonds is 1. The summed E-state index contributed by atoms with van der Waals surface area (Å²) < 4.78 is 0. The van der Waals surface area contributed by atoms with Gasteiger partial charge in [-0.3, -0.25) is 9.78 Å². The lowest BCUT2D eigenvalue weighted by Crippen LogP contribution is -2.03. The second-order valence-corrected chi connectivity index (χ2v) is 6.05. The molecular weight excluding hydrogens is 256 g/mol. The minimum atomic E-state index is -0.0708. The summed E-state index contributed by atoms with van der Waals surface area (Å²) in [7, 11) is 0. The number of thiophene rings is 1. The van der Waals surface area contributed by atoms with Crippen LogP contribution in [0.5, 0.6) is 0 Å². The number of hydrogen-bond donors (Lipinski definition) is 1. The molecule has 3 heterocycles. The Hall–Kier alpha value is -1.94. The molecule has 2 aromatic rings. The molecule has 0 radical (unpaired) electrons. The molecule has 1 N–H and O–H groups in total. The van der Waals surface area contributed by atoms with Crippen molar-refractivity contribution in [1.29, 1.82) is 0 Å². The number of carbonyl (C=O) groups is 1. The van der Waals surface area contributed by atoms with E-state index in [4.69, 9.17) is 0 Å². The number of pyridine rings is 1. The van der Waals surface area contributed by atoms with Gasteiger partial charge in [0.15, 0.2) is 0 Å². The molecular formula is C15H14N2OS. The lowest BCUT2D eigenvalue weighted by Gasteiger charge is -1.99. The van der Waals surface area contributed by atoms with Gasteiger partial charge in [0.25, 0.3) is 5.91 Å². The summed E-state index contributed by atoms with van der Waals surface area (Å²) >= 11 is 1.70. The fourth-order valence-corrected chi connectivity index (χ4v) is 3.21. The molecule has 0 saturated heterocycles. The lowest BCUT2D eigenvalue weighted by molar-refractivity contribution is -0.110. The molecule has 3 rings (SSSR count). The summed E-state index contributed by atoms with van der Waals surface area (Å²) in [5, 5.41) is 2.86. The third-order valence-electron chi connectivity index (χ3n) is 3.14. The fourth-order valence-electron chi connectivity index (χ4n) is 2.23. The van der Waals surface area contributed by atoms with Gasteiger partial charge in [-0.05, 0) is 50.6 Å². The minimum Gasteiger partial charge on any atom is -0.320 e. The van der Waals surface area contributed by atoms with Crippen molar-refractivity contribution in [2.75, 3.05) is 5.32 Å². The molecule has 4 heteroatoms. The number of aryl methyl sites for hydroxylation is 3. The van der Waals surface area contributed by atoms with Crippen molar-refractivity contribution in [2.24, 2.45) is 0 Å². The number of nitrogens with one attached hydrogen (secondary N) is 1. The molecule has 0 spiro atoms. The van der Waals surface area contributed by atoms with Crippen molar-refractivity contribution in [1.82, 2.24) is 4.98 Å². The summed E-state index contributed by atoms with van der Waals surface area (Å²) in [5.41, 5.74) is 4.33. The van der Waals surface area contributed by atoms with E-state index in [1.165, 1.54) is 10.4 Å². The van der Waals surface area contributed by atoms with Gasteiger partial charge in [-0.15, -0.1) is 11.3 Å². The van der Waals surface area contributed by atoms with Gasteiger partial charge in [0.05, 0.1) is 17.0 Å². The van der Waals surface area contributed by atoms with Crippen LogP contribution in [0.3, 0.4) is 0 Å². The largest absolute Gasteiger partial charge is 0.320 e. The predicted octanol–water partition coefficient (Wildman–Crippen LogP) is 3.56. The summed E-state index contributed by atoms with van der Waals surface area (Å²) in [5.74, 6) is -0.0708. The average Bonchev–Trinajstić information content (AvgIpc) is 2.81. The molecule has 0 aromatic carbocycles. The van der Waals surface area contributed by atoms with Gasteiger partial charge in [-0.25, -0.2) is 0 Å². The van der Waals surface area contributed by atoms with E-state index >= 15 is 0 Å². The van der Waals surface area contributed by atoms with Gasteiger partial charge in [-0.1, -0.05) is 0 Å². The zero-order chi connectivity index (χ0) is 13.6. The Bertz CT molecular complexity index is 713. The summed E-state index contributed by atoms with van der Waals surface area (Å²) in [6.45, 7) is 6.07. The first-order valence-electron chi connectivity index (χ1n) is 6.12. The number of fused-ring (bicyclic) bond motifs is 1. The molecule has 96 valence electrons. The van der Waals surface area contributed by atoms with Crippen molar-refractivity contribution >= 4 is 34.6 Å². The highest BCUT2D eigenvalue weighted by Gasteiger charge is 2.25. The molecule has 0 saturated carbocycles. The molecule has 1 aliphatic heterocycles. The Morgan fingerprint density at radius 3 is 2.74 bits per heavy atom. The number of amides is 1. The van der Waals surface area contributed by atoms with Crippen LogP contribution in [0.15, 0.2) is 18.2 Å². The van der Waals surface area contributed by atoms with Gasteiger partial charge in [-0.2, -0.15) is 0 Å². The molecule has 3 nitrogen and oxygen atoms in total. The molecule has 0 atom stereocenters. The SMILES string of the molecule is Cc1ccc2c(n1)C(=Cc1sc(C)cc1C)C(=O)N2. The first kappa shape index (κ1) is 12.1. The molecule has 1 amide bonds. The molecule has 19 heavy (non-hydrogen) atoms. The lowest BCUT2D eigenvalue weighted by atomic mass is 10.1. The Balaban J connectivity index is 2.14. The standard InChI is InChI=1S/C15H14N2OS/c1-8-6-10(3)19-13(8)7-11-14-12(17-15(11)18)5-4-9(2)16-14/h4-7H,1-3H3,(H,17,18). The normalized spacial score (nSPS) is 15.7. The van der Waals surface area contributed by atoms with Crippen molar-refractivity contribution in [3.8, 4) is 0 Å². The van der Waals surface area contributed by atoms with Crippen LogP contribution in [0.25, 0.3) is 11.6 Å². The highest BCUT2D eigenvalue weighted by molar-refractivity contribution is 7.13. The maximum Gasteiger partial charge on any atom is 0.258 e.